The lowest BCUT2D eigenvalue weighted by Gasteiger charge is -2.24. The van der Waals surface area contributed by atoms with E-state index in [4.69, 9.17) is 9.15 Å². The number of amides is 1. The zero-order chi connectivity index (χ0) is 14.5. The van der Waals surface area contributed by atoms with Crippen molar-refractivity contribution in [3.8, 4) is 0 Å². The molecule has 0 bridgehead atoms. The summed E-state index contributed by atoms with van der Waals surface area (Å²) in [6.45, 7) is 1.42. The second-order valence-electron chi connectivity index (χ2n) is 4.98. The zero-order valence-corrected chi connectivity index (χ0v) is 11.9. The lowest BCUT2D eigenvalue weighted by atomic mass is 10.2. The SMILES string of the molecule is COC(=O)C1CCCN1CC(=O)N(C)Cc1ccco1. The third-order valence-electron chi connectivity index (χ3n) is 3.57. The number of ether oxygens (including phenoxy) is 1. The largest absolute Gasteiger partial charge is 0.468 e. The fourth-order valence-corrected chi connectivity index (χ4v) is 2.44. The summed E-state index contributed by atoms with van der Waals surface area (Å²) in [7, 11) is 3.11. The topological polar surface area (TPSA) is 63.0 Å². The fourth-order valence-electron chi connectivity index (χ4n) is 2.44. The van der Waals surface area contributed by atoms with Crippen molar-refractivity contribution in [2.45, 2.75) is 25.4 Å². The minimum Gasteiger partial charge on any atom is -0.468 e. The average molecular weight is 280 g/mol. The molecule has 0 N–H and O–H groups in total. The van der Waals surface area contributed by atoms with Gasteiger partial charge in [0.1, 0.15) is 11.8 Å². The summed E-state index contributed by atoms with van der Waals surface area (Å²) in [5, 5.41) is 0. The van der Waals surface area contributed by atoms with Crippen LogP contribution in [0.25, 0.3) is 0 Å². The van der Waals surface area contributed by atoms with Gasteiger partial charge in [0.05, 0.1) is 26.5 Å². The van der Waals surface area contributed by atoms with E-state index < -0.39 is 0 Å². The lowest BCUT2D eigenvalue weighted by Crippen LogP contribution is -2.43. The standard InChI is InChI=1S/C14H20N2O4/c1-15(9-11-5-4-8-20-11)13(17)10-16-7-3-6-12(16)14(18)19-2/h4-5,8,12H,3,6-7,9-10H2,1-2H3. The molecule has 110 valence electrons. The normalized spacial score (nSPS) is 19.0. The summed E-state index contributed by atoms with van der Waals surface area (Å²) < 4.78 is 9.99. The minimum atomic E-state index is -0.291. The molecule has 6 heteroatoms. The summed E-state index contributed by atoms with van der Waals surface area (Å²) in [6.07, 6.45) is 3.25. The van der Waals surface area contributed by atoms with Crippen LogP contribution >= 0.6 is 0 Å². The van der Waals surface area contributed by atoms with E-state index >= 15 is 0 Å². The Hall–Kier alpha value is -1.82. The second kappa shape index (κ2) is 6.56. The first kappa shape index (κ1) is 14.6. The van der Waals surface area contributed by atoms with Gasteiger partial charge in [-0.2, -0.15) is 0 Å². The quantitative estimate of drug-likeness (QED) is 0.749. The number of furan rings is 1. The first-order valence-corrected chi connectivity index (χ1v) is 6.70. The number of methoxy groups -OCH3 is 1. The maximum Gasteiger partial charge on any atom is 0.323 e. The van der Waals surface area contributed by atoms with Gasteiger partial charge in [0.2, 0.25) is 5.91 Å². The summed E-state index contributed by atoms with van der Waals surface area (Å²) in [4.78, 5) is 27.3. The molecule has 1 aromatic rings. The molecule has 0 aromatic carbocycles. The van der Waals surface area contributed by atoms with E-state index in [2.05, 4.69) is 0 Å². The fraction of sp³-hybridized carbons (Fsp3) is 0.571. The van der Waals surface area contributed by atoms with Crippen molar-refractivity contribution in [3.63, 3.8) is 0 Å². The summed E-state index contributed by atoms with van der Waals surface area (Å²) in [5.74, 6) is 0.452. The minimum absolute atomic E-state index is 0.0304. The van der Waals surface area contributed by atoms with E-state index in [0.29, 0.717) is 6.54 Å². The maximum atomic E-state index is 12.2. The molecular formula is C14H20N2O4. The molecule has 0 spiro atoms. The van der Waals surface area contributed by atoms with Gasteiger partial charge in [0.25, 0.3) is 0 Å². The van der Waals surface area contributed by atoms with E-state index in [0.717, 1.165) is 25.1 Å². The number of nitrogens with zero attached hydrogens (tertiary/aromatic N) is 2. The Morgan fingerprint density at radius 3 is 3.00 bits per heavy atom. The monoisotopic (exact) mass is 280 g/mol. The van der Waals surface area contributed by atoms with Crippen LogP contribution in [0.3, 0.4) is 0 Å². The Balaban J connectivity index is 1.88. The van der Waals surface area contributed by atoms with Crippen LogP contribution in [0.2, 0.25) is 0 Å². The zero-order valence-electron chi connectivity index (χ0n) is 11.9. The van der Waals surface area contributed by atoms with Crippen molar-refractivity contribution in [3.05, 3.63) is 24.2 Å². The molecule has 1 atom stereocenters. The van der Waals surface area contributed by atoms with Crippen LogP contribution < -0.4 is 0 Å². The van der Waals surface area contributed by atoms with Crippen LogP contribution in [0.5, 0.6) is 0 Å². The van der Waals surface area contributed by atoms with Crippen LogP contribution in [0, 0.1) is 0 Å². The van der Waals surface area contributed by atoms with Gasteiger partial charge < -0.3 is 14.1 Å². The molecule has 1 aliphatic heterocycles. The molecule has 2 heterocycles. The first-order valence-electron chi connectivity index (χ1n) is 6.70. The van der Waals surface area contributed by atoms with Gasteiger partial charge >= 0.3 is 5.97 Å². The molecule has 1 aliphatic rings. The van der Waals surface area contributed by atoms with Gasteiger partial charge in [-0.3, -0.25) is 14.5 Å². The second-order valence-corrected chi connectivity index (χ2v) is 4.98. The summed E-state index contributed by atoms with van der Waals surface area (Å²) >= 11 is 0. The molecule has 0 saturated carbocycles. The van der Waals surface area contributed by atoms with Crippen LogP contribution in [0.4, 0.5) is 0 Å². The number of rotatable bonds is 5. The Morgan fingerprint density at radius 2 is 2.35 bits per heavy atom. The third-order valence-corrected chi connectivity index (χ3v) is 3.57. The molecule has 1 unspecified atom stereocenters. The van der Waals surface area contributed by atoms with Crippen molar-refractivity contribution in [1.29, 1.82) is 0 Å². The van der Waals surface area contributed by atoms with Crippen LogP contribution in [-0.4, -0.2) is 55.0 Å². The van der Waals surface area contributed by atoms with E-state index in [1.54, 1.807) is 24.3 Å². The third kappa shape index (κ3) is 3.39. The molecule has 6 nitrogen and oxygen atoms in total. The van der Waals surface area contributed by atoms with Crippen LogP contribution in [0.1, 0.15) is 18.6 Å². The van der Waals surface area contributed by atoms with Gasteiger partial charge in [-0.1, -0.05) is 0 Å². The highest BCUT2D eigenvalue weighted by Crippen LogP contribution is 2.18. The molecule has 1 saturated heterocycles. The van der Waals surface area contributed by atoms with Crippen molar-refractivity contribution in [1.82, 2.24) is 9.80 Å². The highest BCUT2D eigenvalue weighted by atomic mass is 16.5. The van der Waals surface area contributed by atoms with Gasteiger partial charge in [-0.25, -0.2) is 0 Å². The lowest BCUT2D eigenvalue weighted by molar-refractivity contribution is -0.146. The molecule has 0 radical (unpaired) electrons. The average Bonchev–Trinajstić information content (AvgIpc) is 3.09. The smallest absolute Gasteiger partial charge is 0.323 e. The molecule has 1 fully saturated rings. The van der Waals surface area contributed by atoms with Crippen molar-refractivity contribution < 1.29 is 18.7 Å². The van der Waals surface area contributed by atoms with Crippen molar-refractivity contribution >= 4 is 11.9 Å². The number of likely N-dealkylation sites (N-methyl/N-ethyl adjacent to an activating group) is 1. The molecule has 1 amide bonds. The number of carbonyl (C=O) groups excluding carboxylic acids is 2. The van der Waals surface area contributed by atoms with Gasteiger partial charge in [0, 0.05) is 7.05 Å². The van der Waals surface area contributed by atoms with Gasteiger partial charge in [0.15, 0.2) is 0 Å². The van der Waals surface area contributed by atoms with Gasteiger partial charge in [-0.15, -0.1) is 0 Å². The van der Waals surface area contributed by atoms with E-state index in [1.807, 2.05) is 11.0 Å². The molecule has 1 aromatic heterocycles. The number of carbonyl (C=O) groups is 2. The Labute approximate surface area is 118 Å². The first-order chi connectivity index (χ1) is 9.61. The molecular weight excluding hydrogens is 260 g/mol. The summed E-state index contributed by atoms with van der Waals surface area (Å²) in [6, 6.07) is 3.33. The van der Waals surface area contributed by atoms with Crippen molar-refractivity contribution in [2.75, 3.05) is 27.2 Å². The van der Waals surface area contributed by atoms with E-state index in [9.17, 15) is 9.59 Å². The molecule has 0 aliphatic carbocycles. The van der Waals surface area contributed by atoms with E-state index in [1.165, 1.54) is 7.11 Å². The Kier molecular flexibility index (Phi) is 4.79. The highest BCUT2D eigenvalue weighted by molar-refractivity contribution is 5.80. The Bertz CT molecular complexity index is 458. The predicted molar refractivity (Wildman–Crippen MR) is 71.8 cm³/mol. The number of likely N-dealkylation sites (tertiary alicyclic amines) is 1. The maximum absolute atomic E-state index is 12.2. The van der Waals surface area contributed by atoms with Crippen LogP contribution in [-0.2, 0) is 20.9 Å². The van der Waals surface area contributed by atoms with Gasteiger partial charge in [-0.05, 0) is 31.5 Å². The predicted octanol–water partition coefficient (Wildman–Crippen LogP) is 0.875. The van der Waals surface area contributed by atoms with Crippen molar-refractivity contribution in [2.24, 2.45) is 0 Å². The van der Waals surface area contributed by atoms with E-state index in [-0.39, 0.29) is 24.5 Å². The summed E-state index contributed by atoms with van der Waals surface area (Å²) in [5.41, 5.74) is 0. The number of hydrogen-bond acceptors (Lipinski definition) is 5. The highest BCUT2D eigenvalue weighted by Gasteiger charge is 2.33. The van der Waals surface area contributed by atoms with Crippen LogP contribution in [0.15, 0.2) is 22.8 Å². The Morgan fingerprint density at radius 1 is 1.55 bits per heavy atom. The number of hydrogen-bond donors (Lipinski definition) is 0. The number of esters is 1. The molecule has 20 heavy (non-hydrogen) atoms. The molecule has 2 rings (SSSR count).